The predicted octanol–water partition coefficient (Wildman–Crippen LogP) is 2.17. The second kappa shape index (κ2) is 5.24. The van der Waals surface area contributed by atoms with Crippen LogP contribution in [0.5, 0.6) is 0 Å². The fourth-order valence-corrected chi connectivity index (χ4v) is 1.47. The summed E-state index contributed by atoms with van der Waals surface area (Å²) >= 11 is 0. The monoisotopic (exact) mass is 211 g/mol. The lowest BCUT2D eigenvalue weighted by molar-refractivity contribution is 0.171. The van der Waals surface area contributed by atoms with Gasteiger partial charge >= 0.3 is 0 Å². The van der Waals surface area contributed by atoms with Crippen LogP contribution >= 0.6 is 0 Å². The highest BCUT2D eigenvalue weighted by Gasteiger charge is 2.10. The SMILES string of the molecule is Cc1cc(F)ccc1C(O)CNC(C)C. The van der Waals surface area contributed by atoms with Crippen LogP contribution in [0.2, 0.25) is 0 Å². The minimum Gasteiger partial charge on any atom is -0.387 e. The molecule has 1 aromatic carbocycles. The first kappa shape index (κ1) is 12.1. The van der Waals surface area contributed by atoms with E-state index < -0.39 is 6.10 Å². The molecule has 1 unspecified atom stereocenters. The van der Waals surface area contributed by atoms with E-state index in [9.17, 15) is 9.50 Å². The van der Waals surface area contributed by atoms with E-state index in [1.54, 1.807) is 13.0 Å². The molecule has 0 fully saturated rings. The number of nitrogens with one attached hydrogen (secondary N) is 1. The van der Waals surface area contributed by atoms with Crippen molar-refractivity contribution in [2.45, 2.75) is 32.9 Å². The summed E-state index contributed by atoms with van der Waals surface area (Å²) in [4.78, 5) is 0. The lowest BCUT2D eigenvalue weighted by Gasteiger charge is -2.16. The summed E-state index contributed by atoms with van der Waals surface area (Å²) in [5, 5.41) is 13.0. The summed E-state index contributed by atoms with van der Waals surface area (Å²) in [7, 11) is 0. The van der Waals surface area contributed by atoms with E-state index in [1.807, 2.05) is 13.8 Å². The zero-order valence-electron chi connectivity index (χ0n) is 9.42. The third-order valence-electron chi connectivity index (χ3n) is 2.31. The zero-order chi connectivity index (χ0) is 11.4. The Bertz CT molecular complexity index is 325. The summed E-state index contributed by atoms with van der Waals surface area (Å²) in [5.74, 6) is -0.264. The van der Waals surface area contributed by atoms with Crippen molar-refractivity contribution in [2.75, 3.05) is 6.54 Å². The maximum absolute atomic E-state index is 12.8. The van der Waals surface area contributed by atoms with Crippen molar-refractivity contribution in [2.24, 2.45) is 0 Å². The molecule has 0 aliphatic rings. The van der Waals surface area contributed by atoms with Crippen LogP contribution in [-0.2, 0) is 0 Å². The molecule has 0 amide bonds. The third kappa shape index (κ3) is 3.61. The molecule has 0 bridgehead atoms. The molecule has 0 aliphatic carbocycles. The minimum absolute atomic E-state index is 0.264. The fraction of sp³-hybridized carbons (Fsp3) is 0.500. The van der Waals surface area contributed by atoms with E-state index in [-0.39, 0.29) is 5.82 Å². The number of aryl methyl sites for hydroxylation is 1. The Balaban J connectivity index is 2.69. The lowest BCUT2D eigenvalue weighted by atomic mass is 10.0. The molecule has 84 valence electrons. The number of aliphatic hydroxyl groups excluding tert-OH is 1. The quantitative estimate of drug-likeness (QED) is 0.800. The van der Waals surface area contributed by atoms with Crippen molar-refractivity contribution in [3.05, 3.63) is 35.1 Å². The first-order valence-electron chi connectivity index (χ1n) is 5.18. The van der Waals surface area contributed by atoms with Gasteiger partial charge in [0.1, 0.15) is 5.82 Å². The first-order valence-corrected chi connectivity index (χ1v) is 5.18. The van der Waals surface area contributed by atoms with Crippen LogP contribution in [0.1, 0.15) is 31.1 Å². The molecule has 2 nitrogen and oxygen atoms in total. The molecule has 0 aromatic heterocycles. The molecule has 1 atom stereocenters. The number of benzene rings is 1. The smallest absolute Gasteiger partial charge is 0.123 e. The molecular weight excluding hydrogens is 193 g/mol. The second-order valence-electron chi connectivity index (χ2n) is 4.08. The normalized spacial score (nSPS) is 13.2. The molecule has 0 saturated carbocycles. The highest BCUT2D eigenvalue weighted by molar-refractivity contribution is 5.28. The molecule has 0 aliphatic heterocycles. The highest BCUT2D eigenvalue weighted by atomic mass is 19.1. The molecule has 1 aromatic rings. The minimum atomic E-state index is -0.576. The zero-order valence-corrected chi connectivity index (χ0v) is 9.42. The van der Waals surface area contributed by atoms with Crippen LogP contribution in [0, 0.1) is 12.7 Å². The van der Waals surface area contributed by atoms with E-state index >= 15 is 0 Å². The van der Waals surface area contributed by atoms with E-state index in [4.69, 9.17) is 0 Å². The maximum atomic E-state index is 12.8. The topological polar surface area (TPSA) is 32.3 Å². The number of hydrogen-bond acceptors (Lipinski definition) is 2. The van der Waals surface area contributed by atoms with Gasteiger partial charge in [-0.1, -0.05) is 19.9 Å². The van der Waals surface area contributed by atoms with E-state index in [2.05, 4.69) is 5.32 Å². The molecular formula is C12H18FNO. The largest absolute Gasteiger partial charge is 0.387 e. The Morgan fingerprint density at radius 3 is 2.60 bits per heavy atom. The van der Waals surface area contributed by atoms with Gasteiger partial charge in [0.15, 0.2) is 0 Å². The van der Waals surface area contributed by atoms with Gasteiger partial charge in [-0.25, -0.2) is 4.39 Å². The van der Waals surface area contributed by atoms with Gasteiger partial charge in [0, 0.05) is 12.6 Å². The Morgan fingerprint density at radius 2 is 2.07 bits per heavy atom. The summed E-state index contributed by atoms with van der Waals surface area (Å²) < 4.78 is 12.8. The van der Waals surface area contributed by atoms with Crippen molar-refractivity contribution >= 4 is 0 Å². The van der Waals surface area contributed by atoms with Crippen LogP contribution in [-0.4, -0.2) is 17.7 Å². The maximum Gasteiger partial charge on any atom is 0.123 e. The van der Waals surface area contributed by atoms with Crippen molar-refractivity contribution in [1.82, 2.24) is 5.32 Å². The van der Waals surface area contributed by atoms with Gasteiger partial charge in [-0.05, 0) is 30.2 Å². The van der Waals surface area contributed by atoms with Crippen LogP contribution in [0.4, 0.5) is 4.39 Å². The average molecular weight is 211 g/mol. The van der Waals surface area contributed by atoms with Crippen molar-refractivity contribution in [3.8, 4) is 0 Å². The second-order valence-corrected chi connectivity index (χ2v) is 4.08. The van der Waals surface area contributed by atoms with Crippen LogP contribution < -0.4 is 5.32 Å². The standard InChI is InChI=1S/C12H18FNO/c1-8(2)14-7-12(15)11-5-4-10(13)6-9(11)3/h4-6,8,12,14-15H,7H2,1-3H3. The number of rotatable bonds is 4. The molecule has 15 heavy (non-hydrogen) atoms. The van der Waals surface area contributed by atoms with Gasteiger partial charge in [-0.3, -0.25) is 0 Å². The predicted molar refractivity (Wildman–Crippen MR) is 59.2 cm³/mol. The van der Waals surface area contributed by atoms with Gasteiger partial charge in [-0.15, -0.1) is 0 Å². The summed E-state index contributed by atoms with van der Waals surface area (Å²) in [5.41, 5.74) is 1.57. The number of aliphatic hydroxyl groups is 1. The molecule has 0 spiro atoms. The van der Waals surface area contributed by atoms with E-state index in [0.29, 0.717) is 12.6 Å². The third-order valence-corrected chi connectivity index (χ3v) is 2.31. The Labute approximate surface area is 90.1 Å². The number of halogens is 1. The fourth-order valence-electron chi connectivity index (χ4n) is 1.47. The summed E-state index contributed by atoms with van der Waals surface area (Å²) in [6, 6.07) is 4.78. The van der Waals surface area contributed by atoms with E-state index in [0.717, 1.165) is 11.1 Å². The summed E-state index contributed by atoms with van der Waals surface area (Å²) in [6.45, 7) is 6.33. The van der Waals surface area contributed by atoms with E-state index in [1.165, 1.54) is 12.1 Å². The Kier molecular flexibility index (Phi) is 4.24. The average Bonchev–Trinajstić information content (AvgIpc) is 2.14. The van der Waals surface area contributed by atoms with Crippen LogP contribution in [0.3, 0.4) is 0 Å². The number of hydrogen-bond donors (Lipinski definition) is 2. The molecule has 1 rings (SSSR count). The molecule has 0 heterocycles. The van der Waals surface area contributed by atoms with Crippen LogP contribution in [0.25, 0.3) is 0 Å². The van der Waals surface area contributed by atoms with Gasteiger partial charge in [0.25, 0.3) is 0 Å². The molecule has 0 saturated heterocycles. The molecule has 0 radical (unpaired) electrons. The lowest BCUT2D eigenvalue weighted by Crippen LogP contribution is -2.28. The molecule has 3 heteroatoms. The van der Waals surface area contributed by atoms with Gasteiger partial charge in [-0.2, -0.15) is 0 Å². The van der Waals surface area contributed by atoms with Crippen molar-refractivity contribution in [3.63, 3.8) is 0 Å². The van der Waals surface area contributed by atoms with Crippen molar-refractivity contribution in [1.29, 1.82) is 0 Å². The molecule has 2 N–H and O–H groups in total. The van der Waals surface area contributed by atoms with Crippen LogP contribution in [0.15, 0.2) is 18.2 Å². The van der Waals surface area contributed by atoms with Gasteiger partial charge in [0.05, 0.1) is 6.10 Å². The Hall–Kier alpha value is -0.930. The van der Waals surface area contributed by atoms with Gasteiger partial charge < -0.3 is 10.4 Å². The first-order chi connectivity index (χ1) is 7.00. The van der Waals surface area contributed by atoms with Crippen molar-refractivity contribution < 1.29 is 9.50 Å². The van der Waals surface area contributed by atoms with Gasteiger partial charge in [0.2, 0.25) is 0 Å². The summed E-state index contributed by atoms with van der Waals surface area (Å²) in [6.07, 6.45) is -0.576. The highest BCUT2D eigenvalue weighted by Crippen LogP contribution is 2.17. The Morgan fingerprint density at radius 1 is 1.40 bits per heavy atom.